The fourth-order valence-corrected chi connectivity index (χ4v) is 1.44. The second-order valence-corrected chi connectivity index (χ2v) is 3.47. The highest BCUT2D eigenvalue weighted by Gasteiger charge is 2.35. The number of alkyl halides is 1. The summed E-state index contributed by atoms with van der Waals surface area (Å²) in [5.41, 5.74) is 1.07. The number of hydrogen-bond donors (Lipinski definition) is 0. The molecule has 0 spiro atoms. The molecule has 0 aliphatic carbocycles. The molecule has 0 amide bonds. The molecule has 0 N–H and O–H groups in total. The zero-order chi connectivity index (χ0) is 9.31. The lowest BCUT2D eigenvalue weighted by Gasteiger charge is -2.19. The van der Waals surface area contributed by atoms with Crippen LogP contribution < -0.4 is 0 Å². The summed E-state index contributed by atoms with van der Waals surface area (Å²) < 4.78 is 15.9. The van der Waals surface area contributed by atoms with Crippen LogP contribution in [0.4, 0.5) is 0 Å². The molecule has 13 heavy (non-hydrogen) atoms. The molecule has 0 unspecified atom stereocenters. The van der Waals surface area contributed by atoms with Crippen molar-refractivity contribution >= 4 is 15.9 Å². The Morgan fingerprint density at radius 3 is 2.62 bits per heavy atom. The number of rotatable bonds is 2. The molecule has 2 rings (SSSR count). The van der Waals surface area contributed by atoms with Gasteiger partial charge in [-0.3, -0.25) is 0 Å². The van der Waals surface area contributed by atoms with E-state index in [-0.39, 0.29) is 0 Å². The van der Waals surface area contributed by atoms with Gasteiger partial charge in [0, 0.05) is 17.8 Å². The summed E-state index contributed by atoms with van der Waals surface area (Å²) in [6.07, 6.45) is 4.70. The van der Waals surface area contributed by atoms with Crippen molar-refractivity contribution in [1.29, 1.82) is 0 Å². The topological polar surface area (TPSA) is 31.6 Å². The third-order valence-electron chi connectivity index (χ3n) is 1.90. The van der Waals surface area contributed by atoms with Gasteiger partial charge in [-0.15, -0.1) is 0 Å². The van der Waals surface area contributed by atoms with Crippen molar-refractivity contribution in [2.24, 2.45) is 0 Å². The Bertz CT molecular complexity index is 321. The lowest BCUT2D eigenvalue weighted by Crippen LogP contribution is -2.21. The van der Waals surface area contributed by atoms with E-state index in [1.54, 1.807) is 6.26 Å². The minimum absolute atomic E-state index is 0.673. The molecule has 0 radical (unpaired) electrons. The summed E-state index contributed by atoms with van der Waals surface area (Å²) in [5.74, 6) is -0.118. The maximum Gasteiger partial charge on any atom is 0.306 e. The molecule has 0 saturated carbocycles. The van der Waals surface area contributed by atoms with Gasteiger partial charge in [-0.1, -0.05) is 15.9 Å². The van der Waals surface area contributed by atoms with Crippen LogP contribution in [-0.4, -0.2) is 0 Å². The standard InChI is InChI=1S/C9H9BrO3/c1-9(12-2-3-13-9)8-4-7(5-10)6-11-8/h2-4,6H,5H2,1H3. The Labute approximate surface area is 84.4 Å². The quantitative estimate of drug-likeness (QED) is 0.751. The van der Waals surface area contributed by atoms with E-state index in [1.165, 1.54) is 12.5 Å². The number of hydrogen-bond acceptors (Lipinski definition) is 3. The van der Waals surface area contributed by atoms with Crippen LogP contribution in [-0.2, 0) is 20.6 Å². The average molecular weight is 245 g/mol. The van der Waals surface area contributed by atoms with Crippen LogP contribution in [0.25, 0.3) is 0 Å². The Morgan fingerprint density at radius 2 is 2.08 bits per heavy atom. The van der Waals surface area contributed by atoms with Gasteiger partial charge in [0.25, 0.3) is 0 Å². The molecule has 1 aliphatic heterocycles. The van der Waals surface area contributed by atoms with Crippen LogP contribution >= 0.6 is 15.9 Å². The first-order chi connectivity index (χ1) is 6.24. The monoisotopic (exact) mass is 244 g/mol. The zero-order valence-electron chi connectivity index (χ0n) is 7.12. The van der Waals surface area contributed by atoms with Gasteiger partial charge in [-0.25, -0.2) is 0 Å². The van der Waals surface area contributed by atoms with Crippen molar-refractivity contribution in [1.82, 2.24) is 0 Å². The normalized spacial score (nSPS) is 18.3. The van der Waals surface area contributed by atoms with Gasteiger partial charge < -0.3 is 13.9 Å². The highest BCUT2D eigenvalue weighted by atomic mass is 79.9. The van der Waals surface area contributed by atoms with E-state index in [1.807, 2.05) is 13.0 Å². The van der Waals surface area contributed by atoms with E-state index in [4.69, 9.17) is 13.9 Å². The molecule has 0 aromatic carbocycles. The van der Waals surface area contributed by atoms with E-state index in [2.05, 4.69) is 15.9 Å². The van der Waals surface area contributed by atoms with Crippen molar-refractivity contribution in [2.75, 3.05) is 0 Å². The smallest absolute Gasteiger partial charge is 0.306 e. The van der Waals surface area contributed by atoms with Crippen LogP contribution in [0.1, 0.15) is 18.2 Å². The van der Waals surface area contributed by atoms with Gasteiger partial charge in [0.05, 0.1) is 6.26 Å². The SMILES string of the molecule is CC1(c2cc(CBr)co2)OC=CO1. The predicted molar refractivity (Wildman–Crippen MR) is 50.0 cm³/mol. The Balaban J connectivity index is 2.24. The molecule has 1 aromatic heterocycles. The van der Waals surface area contributed by atoms with E-state index < -0.39 is 5.79 Å². The summed E-state index contributed by atoms with van der Waals surface area (Å²) >= 11 is 3.34. The van der Waals surface area contributed by atoms with Crippen molar-refractivity contribution < 1.29 is 13.9 Å². The van der Waals surface area contributed by atoms with Gasteiger partial charge in [0.15, 0.2) is 5.76 Å². The molecule has 0 bridgehead atoms. The molecule has 0 fully saturated rings. The van der Waals surface area contributed by atoms with Gasteiger partial charge in [0.1, 0.15) is 12.5 Å². The number of halogens is 1. The highest BCUT2D eigenvalue weighted by molar-refractivity contribution is 9.08. The summed E-state index contributed by atoms with van der Waals surface area (Å²) in [7, 11) is 0. The lowest BCUT2D eigenvalue weighted by molar-refractivity contribution is -0.147. The van der Waals surface area contributed by atoms with Crippen LogP contribution in [0, 0.1) is 0 Å². The van der Waals surface area contributed by atoms with Crippen molar-refractivity contribution in [2.45, 2.75) is 18.0 Å². The molecule has 3 nitrogen and oxygen atoms in total. The molecule has 70 valence electrons. The van der Waals surface area contributed by atoms with E-state index in [9.17, 15) is 0 Å². The van der Waals surface area contributed by atoms with E-state index in [0.29, 0.717) is 5.76 Å². The van der Waals surface area contributed by atoms with Crippen LogP contribution in [0.2, 0.25) is 0 Å². The second-order valence-electron chi connectivity index (χ2n) is 2.91. The van der Waals surface area contributed by atoms with Crippen molar-refractivity contribution in [3.8, 4) is 0 Å². The minimum Gasteiger partial charge on any atom is -0.461 e. The summed E-state index contributed by atoms with van der Waals surface area (Å²) in [6.45, 7) is 1.81. The Kier molecular flexibility index (Phi) is 2.07. The average Bonchev–Trinajstić information content (AvgIpc) is 2.72. The molecule has 1 aromatic rings. The van der Waals surface area contributed by atoms with Gasteiger partial charge >= 0.3 is 5.79 Å². The summed E-state index contributed by atoms with van der Waals surface area (Å²) in [6, 6.07) is 1.90. The van der Waals surface area contributed by atoms with Crippen LogP contribution in [0.5, 0.6) is 0 Å². The predicted octanol–water partition coefficient (Wildman–Crippen LogP) is 2.87. The Morgan fingerprint density at radius 1 is 1.38 bits per heavy atom. The first kappa shape index (κ1) is 8.69. The number of furan rings is 1. The molecule has 2 heterocycles. The minimum atomic E-state index is -0.791. The fraction of sp³-hybridized carbons (Fsp3) is 0.333. The Hall–Kier alpha value is -0.900. The fourth-order valence-electron chi connectivity index (χ4n) is 1.14. The second kappa shape index (κ2) is 3.10. The van der Waals surface area contributed by atoms with E-state index in [0.717, 1.165) is 10.9 Å². The number of ether oxygens (including phenoxy) is 2. The summed E-state index contributed by atoms with van der Waals surface area (Å²) in [5, 5.41) is 0.764. The summed E-state index contributed by atoms with van der Waals surface area (Å²) in [4.78, 5) is 0. The maximum absolute atomic E-state index is 5.32. The molecule has 4 heteroatoms. The van der Waals surface area contributed by atoms with Crippen molar-refractivity contribution in [3.05, 3.63) is 36.2 Å². The maximum atomic E-state index is 5.32. The zero-order valence-corrected chi connectivity index (χ0v) is 8.71. The molecular weight excluding hydrogens is 236 g/mol. The third-order valence-corrected chi connectivity index (χ3v) is 2.54. The lowest BCUT2D eigenvalue weighted by atomic mass is 10.2. The molecule has 0 saturated heterocycles. The van der Waals surface area contributed by atoms with Crippen LogP contribution in [0.3, 0.4) is 0 Å². The molecular formula is C9H9BrO3. The van der Waals surface area contributed by atoms with Crippen molar-refractivity contribution in [3.63, 3.8) is 0 Å². The first-order valence-electron chi connectivity index (χ1n) is 3.89. The highest BCUT2D eigenvalue weighted by Crippen LogP contribution is 2.32. The van der Waals surface area contributed by atoms with Crippen LogP contribution in [0.15, 0.2) is 29.3 Å². The first-order valence-corrected chi connectivity index (χ1v) is 5.01. The molecule has 0 atom stereocenters. The van der Waals surface area contributed by atoms with Gasteiger partial charge in [-0.05, 0) is 6.07 Å². The van der Waals surface area contributed by atoms with Gasteiger partial charge in [-0.2, -0.15) is 0 Å². The van der Waals surface area contributed by atoms with E-state index >= 15 is 0 Å². The van der Waals surface area contributed by atoms with Gasteiger partial charge in [0.2, 0.25) is 0 Å². The third kappa shape index (κ3) is 1.46. The largest absolute Gasteiger partial charge is 0.461 e. The molecule has 1 aliphatic rings.